The van der Waals surface area contributed by atoms with E-state index in [1.54, 1.807) is 12.1 Å². The molecule has 1 atom stereocenters. The highest BCUT2D eigenvalue weighted by Gasteiger charge is 2.21. The maximum atomic E-state index is 11.9. The molecule has 0 radical (unpaired) electrons. The van der Waals surface area contributed by atoms with Gasteiger partial charge < -0.3 is 4.74 Å². The van der Waals surface area contributed by atoms with Gasteiger partial charge in [-0.1, -0.05) is 52.5 Å². The van der Waals surface area contributed by atoms with Crippen LogP contribution in [0, 0.1) is 5.92 Å². The van der Waals surface area contributed by atoms with Crippen molar-refractivity contribution < 1.29 is 9.53 Å². The van der Waals surface area contributed by atoms with Gasteiger partial charge in [-0.2, -0.15) is 0 Å². The molecule has 0 N–H and O–H groups in total. The van der Waals surface area contributed by atoms with Crippen molar-refractivity contribution in [1.29, 1.82) is 0 Å². The predicted molar refractivity (Wildman–Crippen MR) is 112 cm³/mol. The first-order valence-corrected chi connectivity index (χ1v) is 10.4. The van der Waals surface area contributed by atoms with Crippen LogP contribution in [0.25, 0.3) is 11.3 Å². The summed E-state index contributed by atoms with van der Waals surface area (Å²) < 4.78 is 5.33. The average molecular weight is 388 g/mol. The van der Waals surface area contributed by atoms with Gasteiger partial charge in [-0.3, -0.25) is 9.78 Å². The van der Waals surface area contributed by atoms with Crippen molar-refractivity contribution in [2.75, 3.05) is 0 Å². The molecule has 3 nitrogen and oxygen atoms in total. The second-order valence-electron chi connectivity index (χ2n) is 7.31. The molecule has 0 spiro atoms. The lowest BCUT2D eigenvalue weighted by Gasteiger charge is -2.12. The summed E-state index contributed by atoms with van der Waals surface area (Å²) >= 11 is 6.03. The van der Waals surface area contributed by atoms with Crippen molar-refractivity contribution in [2.24, 2.45) is 5.92 Å². The molecule has 0 aliphatic heterocycles. The summed E-state index contributed by atoms with van der Waals surface area (Å²) in [6.07, 6.45) is 9.48. The van der Waals surface area contributed by atoms with Crippen molar-refractivity contribution in [3.05, 3.63) is 48.2 Å². The highest BCUT2D eigenvalue weighted by atomic mass is 35.5. The van der Waals surface area contributed by atoms with Crippen LogP contribution in [-0.4, -0.2) is 16.3 Å². The van der Waals surface area contributed by atoms with Gasteiger partial charge in [-0.25, -0.2) is 0 Å². The molecule has 0 aliphatic rings. The first-order valence-electron chi connectivity index (χ1n) is 9.92. The lowest BCUT2D eigenvalue weighted by Crippen LogP contribution is -2.25. The van der Waals surface area contributed by atoms with Gasteiger partial charge in [0.05, 0.1) is 5.69 Å². The topological polar surface area (TPSA) is 39.2 Å². The van der Waals surface area contributed by atoms with Crippen LogP contribution in [0.15, 0.2) is 42.6 Å². The van der Waals surface area contributed by atoms with Crippen molar-refractivity contribution in [3.63, 3.8) is 0 Å². The molecule has 0 bridgehead atoms. The third-order valence-electron chi connectivity index (χ3n) is 4.57. The van der Waals surface area contributed by atoms with Crippen LogP contribution in [0.1, 0.15) is 58.4 Å². The molecule has 0 aliphatic carbocycles. The first-order chi connectivity index (χ1) is 13.0. The Bertz CT molecular complexity index is 695. The first kappa shape index (κ1) is 21.4. The molecule has 0 saturated heterocycles. The zero-order valence-corrected chi connectivity index (χ0v) is 17.3. The number of alkyl halides is 1. The number of pyridine rings is 1. The number of benzene rings is 1. The fraction of sp³-hybridized carbons (Fsp3) is 0.478. The van der Waals surface area contributed by atoms with E-state index in [1.807, 2.05) is 32.2 Å². The molecule has 27 heavy (non-hydrogen) atoms. The minimum atomic E-state index is -0.638. The number of ether oxygens (including phenoxy) is 1. The standard InChI is InChI=1S/C23H30ClNO2/c1-4-5-6-7-8-9-18-10-15-21(25-16-18)19-11-13-20(14-12-19)27-23(26)22(24)17(2)3/h10-17,22H,4-9H2,1-3H3/t22-/m0/s1. The molecular weight excluding hydrogens is 358 g/mol. The van der Waals surface area contributed by atoms with Crippen molar-refractivity contribution in [2.45, 2.75) is 64.7 Å². The SMILES string of the molecule is CCCCCCCc1ccc(-c2ccc(OC(=O)[C@@H](Cl)C(C)C)cc2)nc1. The molecule has 0 unspecified atom stereocenters. The molecule has 2 rings (SSSR count). The van der Waals surface area contributed by atoms with Gasteiger partial charge in [-0.15, -0.1) is 11.6 Å². The lowest BCUT2D eigenvalue weighted by atomic mass is 10.1. The maximum absolute atomic E-state index is 11.9. The number of halogens is 1. The Labute approximate surface area is 168 Å². The second-order valence-corrected chi connectivity index (χ2v) is 7.78. The number of carbonyl (C=O) groups is 1. The molecule has 1 heterocycles. The van der Waals surface area contributed by atoms with E-state index in [2.05, 4.69) is 24.0 Å². The molecule has 0 saturated carbocycles. The fourth-order valence-corrected chi connectivity index (χ4v) is 2.86. The molecule has 1 aromatic heterocycles. The van der Waals surface area contributed by atoms with Gasteiger partial charge in [-0.05, 0) is 54.7 Å². The molecule has 0 amide bonds. The number of esters is 1. The van der Waals surface area contributed by atoms with E-state index in [1.165, 1.54) is 37.7 Å². The van der Waals surface area contributed by atoms with E-state index in [4.69, 9.17) is 16.3 Å². The highest BCUT2D eigenvalue weighted by Crippen LogP contribution is 2.22. The van der Waals surface area contributed by atoms with Crippen LogP contribution in [0.2, 0.25) is 0 Å². The Morgan fingerprint density at radius 1 is 1.04 bits per heavy atom. The van der Waals surface area contributed by atoms with E-state index in [9.17, 15) is 4.79 Å². The summed E-state index contributed by atoms with van der Waals surface area (Å²) in [5.41, 5.74) is 3.19. The van der Waals surface area contributed by atoms with Crippen LogP contribution >= 0.6 is 11.6 Å². The largest absolute Gasteiger partial charge is 0.425 e. The molecule has 4 heteroatoms. The van der Waals surface area contributed by atoms with Gasteiger partial charge in [0.15, 0.2) is 0 Å². The number of unbranched alkanes of at least 4 members (excludes halogenated alkanes) is 4. The molecule has 0 fully saturated rings. The number of aryl methyl sites for hydroxylation is 1. The van der Waals surface area contributed by atoms with Gasteiger partial charge in [0.25, 0.3) is 0 Å². The fourth-order valence-electron chi connectivity index (χ4n) is 2.81. The maximum Gasteiger partial charge on any atom is 0.329 e. The van der Waals surface area contributed by atoms with Gasteiger partial charge in [0, 0.05) is 11.8 Å². The number of hydrogen-bond acceptors (Lipinski definition) is 3. The van der Waals surface area contributed by atoms with Crippen LogP contribution in [0.4, 0.5) is 0 Å². The predicted octanol–water partition coefficient (Wildman–Crippen LogP) is 6.43. The van der Waals surface area contributed by atoms with E-state index >= 15 is 0 Å². The number of nitrogens with zero attached hydrogens (tertiary/aromatic N) is 1. The summed E-state index contributed by atoms with van der Waals surface area (Å²) in [7, 11) is 0. The minimum absolute atomic E-state index is 0.0350. The van der Waals surface area contributed by atoms with Crippen molar-refractivity contribution in [3.8, 4) is 17.0 Å². The Morgan fingerprint density at radius 3 is 2.33 bits per heavy atom. The summed E-state index contributed by atoms with van der Waals surface area (Å²) in [6, 6.07) is 11.6. The van der Waals surface area contributed by atoms with Crippen LogP contribution in [0.3, 0.4) is 0 Å². The van der Waals surface area contributed by atoms with E-state index in [-0.39, 0.29) is 5.92 Å². The average Bonchev–Trinajstić information content (AvgIpc) is 2.68. The van der Waals surface area contributed by atoms with Gasteiger partial charge >= 0.3 is 5.97 Å². The smallest absolute Gasteiger partial charge is 0.329 e. The van der Waals surface area contributed by atoms with E-state index in [0.29, 0.717) is 5.75 Å². The van der Waals surface area contributed by atoms with E-state index < -0.39 is 11.3 Å². The van der Waals surface area contributed by atoms with Gasteiger partial charge in [0.2, 0.25) is 0 Å². The normalized spacial score (nSPS) is 12.2. The highest BCUT2D eigenvalue weighted by molar-refractivity contribution is 6.30. The molecule has 1 aromatic carbocycles. The monoisotopic (exact) mass is 387 g/mol. The van der Waals surface area contributed by atoms with Gasteiger partial charge in [0.1, 0.15) is 11.1 Å². The van der Waals surface area contributed by atoms with Crippen molar-refractivity contribution >= 4 is 17.6 Å². The third-order valence-corrected chi connectivity index (χ3v) is 5.25. The Hall–Kier alpha value is -1.87. The lowest BCUT2D eigenvalue weighted by molar-refractivity contribution is -0.134. The van der Waals surface area contributed by atoms with Crippen LogP contribution in [-0.2, 0) is 11.2 Å². The number of aromatic nitrogens is 1. The zero-order chi connectivity index (χ0) is 19.6. The minimum Gasteiger partial charge on any atom is -0.425 e. The van der Waals surface area contributed by atoms with Crippen LogP contribution < -0.4 is 4.74 Å². The number of hydrogen-bond donors (Lipinski definition) is 0. The molecule has 2 aromatic rings. The van der Waals surface area contributed by atoms with Crippen molar-refractivity contribution in [1.82, 2.24) is 4.98 Å². The summed E-state index contributed by atoms with van der Waals surface area (Å²) in [6.45, 7) is 6.02. The third kappa shape index (κ3) is 6.99. The number of carbonyl (C=O) groups excluding carboxylic acids is 1. The molecule has 146 valence electrons. The van der Waals surface area contributed by atoms with Crippen LogP contribution in [0.5, 0.6) is 5.75 Å². The Balaban J connectivity index is 1.90. The Kier molecular flexibility index (Phi) is 8.80. The van der Waals surface area contributed by atoms with E-state index in [0.717, 1.165) is 17.7 Å². The Morgan fingerprint density at radius 2 is 1.74 bits per heavy atom. The summed E-state index contributed by atoms with van der Waals surface area (Å²) in [4.78, 5) is 16.5. The summed E-state index contributed by atoms with van der Waals surface area (Å²) in [5, 5.41) is -0.638. The zero-order valence-electron chi connectivity index (χ0n) is 16.6. The number of rotatable bonds is 10. The summed E-state index contributed by atoms with van der Waals surface area (Å²) in [5.74, 6) is 0.118. The molecular formula is C23H30ClNO2. The quantitative estimate of drug-likeness (QED) is 0.204. The second kappa shape index (κ2) is 11.1.